The fraction of sp³-hybridized carbons (Fsp3) is 0.333. The van der Waals surface area contributed by atoms with Gasteiger partial charge in [0.2, 0.25) is 0 Å². The van der Waals surface area contributed by atoms with E-state index in [1.54, 1.807) is 7.05 Å². The van der Waals surface area contributed by atoms with E-state index in [0.717, 1.165) is 6.33 Å². The van der Waals surface area contributed by atoms with E-state index in [2.05, 4.69) is 15.3 Å². The minimum absolute atomic E-state index is 0.130. The number of alkyl halides is 2. The predicted octanol–water partition coefficient (Wildman–Crippen LogP) is 2.11. The van der Waals surface area contributed by atoms with Gasteiger partial charge in [0.05, 0.1) is 0 Å². The molecule has 66 valence electrons. The third-order valence-corrected chi connectivity index (χ3v) is 1.63. The summed E-state index contributed by atoms with van der Waals surface area (Å²) in [5.74, 6) is 0.210. The topological polar surface area (TPSA) is 37.8 Å². The zero-order valence-electron chi connectivity index (χ0n) is 6.18. The van der Waals surface area contributed by atoms with Crippen LogP contribution in [0.4, 0.5) is 14.6 Å². The molecule has 1 N–H and O–H groups in total. The molecule has 0 bridgehead atoms. The Morgan fingerprint density at radius 1 is 1.50 bits per heavy atom. The van der Waals surface area contributed by atoms with Crippen molar-refractivity contribution in [3.63, 3.8) is 0 Å². The molecule has 0 aliphatic rings. The van der Waals surface area contributed by atoms with E-state index in [9.17, 15) is 8.78 Å². The number of anilines is 1. The van der Waals surface area contributed by atoms with Gasteiger partial charge >= 0.3 is 0 Å². The minimum Gasteiger partial charge on any atom is -0.372 e. The quantitative estimate of drug-likeness (QED) is 0.782. The summed E-state index contributed by atoms with van der Waals surface area (Å²) >= 11 is 5.54. The van der Waals surface area contributed by atoms with Crippen LogP contribution >= 0.6 is 11.6 Å². The highest BCUT2D eigenvalue weighted by molar-refractivity contribution is 6.33. The van der Waals surface area contributed by atoms with Crippen LogP contribution in [0.1, 0.15) is 12.1 Å². The van der Waals surface area contributed by atoms with Crippen molar-refractivity contribution < 1.29 is 8.78 Å². The number of hydrogen-bond donors (Lipinski definition) is 1. The van der Waals surface area contributed by atoms with Crippen LogP contribution < -0.4 is 5.32 Å². The second kappa shape index (κ2) is 3.62. The van der Waals surface area contributed by atoms with E-state index in [1.165, 1.54) is 0 Å². The Hall–Kier alpha value is -0.970. The zero-order valence-corrected chi connectivity index (χ0v) is 6.94. The van der Waals surface area contributed by atoms with E-state index >= 15 is 0 Å². The number of nitrogens with one attached hydrogen (secondary N) is 1. The third-order valence-electron chi connectivity index (χ3n) is 1.26. The van der Waals surface area contributed by atoms with Crippen molar-refractivity contribution >= 4 is 17.4 Å². The summed E-state index contributed by atoms with van der Waals surface area (Å²) in [5, 5.41) is 2.44. The molecule has 1 rings (SSSR count). The lowest BCUT2D eigenvalue weighted by molar-refractivity contribution is 0.146. The van der Waals surface area contributed by atoms with Gasteiger partial charge in [-0.05, 0) is 0 Å². The molecule has 3 nitrogen and oxygen atoms in total. The van der Waals surface area contributed by atoms with E-state index < -0.39 is 12.1 Å². The highest BCUT2D eigenvalue weighted by atomic mass is 35.5. The molecule has 6 heteroatoms. The summed E-state index contributed by atoms with van der Waals surface area (Å²) in [6, 6.07) is 0. The van der Waals surface area contributed by atoms with E-state index in [-0.39, 0.29) is 10.8 Å². The summed E-state index contributed by atoms with van der Waals surface area (Å²) in [6.45, 7) is 0. The van der Waals surface area contributed by atoms with Crippen LogP contribution in [-0.4, -0.2) is 17.0 Å². The zero-order chi connectivity index (χ0) is 9.14. The van der Waals surface area contributed by atoms with Crippen molar-refractivity contribution in [1.29, 1.82) is 0 Å². The first-order valence-corrected chi connectivity index (χ1v) is 3.51. The Morgan fingerprint density at radius 3 is 2.67 bits per heavy atom. The lowest BCUT2D eigenvalue weighted by Crippen LogP contribution is -1.99. The summed E-state index contributed by atoms with van der Waals surface area (Å²) < 4.78 is 24.3. The summed E-state index contributed by atoms with van der Waals surface area (Å²) in [6.07, 6.45) is -1.63. The van der Waals surface area contributed by atoms with Crippen LogP contribution in [0, 0.1) is 0 Å². The van der Waals surface area contributed by atoms with Gasteiger partial charge in [0.15, 0.2) is 0 Å². The molecule has 0 saturated carbocycles. The molecule has 0 aliphatic carbocycles. The monoisotopic (exact) mass is 193 g/mol. The first-order valence-electron chi connectivity index (χ1n) is 3.13. The van der Waals surface area contributed by atoms with Crippen LogP contribution in [0.2, 0.25) is 5.02 Å². The maximum absolute atomic E-state index is 12.1. The number of aromatic nitrogens is 2. The second-order valence-corrected chi connectivity index (χ2v) is 2.35. The smallest absolute Gasteiger partial charge is 0.282 e. The Kier molecular flexibility index (Phi) is 2.75. The molecule has 12 heavy (non-hydrogen) atoms. The highest BCUT2D eigenvalue weighted by Crippen LogP contribution is 2.28. The normalized spacial score (nSPS) is 10.4. The van der Waals surface area contributed by atoms with Crippen LogP contribution in [-0.2, 0) is 0 Å². The number of rotatable bonds is 2. The molecule has 1 aromatic heterocycles. The molecule has 0 spiro atoms. The average Bonchev–Trinajstić information content (AvgIpc) is 2.04. The fourth-order valence-corrected chi connectivity index (χ4v) is 0.984. The average molecular weight is 194 g/mol. The van der Waals surface area contributed by atoms with E-state index in [0.29, 0.717) is 0 Å². The molecule has 0 amide bonds. The predicted molar refractivity (Wildman–Crippen MR) is 41.5 cm³/mol. The number of hydrogen-bond acceptors (Lipinski definition) is 3. The molecule has 0 unspecified atom stereocenters. The lowest BCUT2D eigenvalue weighted by atomic mass is 10.4. The van der Waals surface area contributed by atoms with Crippen molar-refractivity contribution in [2.45, 2.75) is 6.43 Å². The van der Waals surface area contributed by atoms with Crippen LogP contribution in [0.15, 0.2) is 6.33 Å². The van der Waals surface area contributed by atoms with Gasteiger partial charge in [0.1, 0.15) is 22.9 Å². The Morgan fingerprint density at radius 2 is 2.17 bits per heavy atom. The summed E-state index contributed by atoms with van der Waals surface area (Å²) in [7, 11) is 1.55. The van der Waals surface area contributed by atoms with Crippen molar-refractivity contribution in [3.8, 4) is 0 Å². The van der Waals surface area contributed by atoms with E-state index in [4.69, 9.17) is 11.6 Å². The molecule has 0 radical (unpaired) electrons. The maximum atomic E-state index is 12.1. The molecule has 0 saturated heterocycles. The van der Waals surface area contributed by atoms with Crippen molar-refractivity contribution in [2.75, 3.05) is 12.4 Å². The van der Waals surface area contributed by atoms with Crippen molar-refractivity contribution in [1.82, 2.24) is 9.97 Å². The Balaban J connectivity index is 3.14. The molecule has 0 aromatic carbocycles. The first kappa shape index (κ1) is 9.12. The SMILES string of the molecule is CNc1ncnc(C(F)F)c1Cl. The molecule has 0 atom stereocenters. The van der Waals surface area contributed by atoms with Crippen molar-refractivity contribution in [2.24, 2.45) is 0 Å². The van der Waals surface area contributed by atoms with E-state index in [1.807, 2.05) is 0 Å². The second-order valence-electron chi connectivity index (χ2n) is 1.97. The van der Waals surface area contributed by atoms with Gasteiger partial charge < -0.3 is 5.32 Å². The molecule has 0 aliphatic heterocycles. The van der Waals surface area contributed by atoms with Gasteiger partial charge in [-0.25, -0.2) is 18.7 Å². The standard InChI is InChI=1S/C6H6ClF2N3/c1-10-6-3(7)4(5(8)9)11-2-12-6/h2,5H,1H3,(H,10,11,12). The van der Waals surface area contributed by atoms with Gasteiger partial charge in [-0.1, -0.05) is 11.6 Å². The lowest BCUT2D eigenvalue weighted by Gasteiger charge is -2.05. The van der Waals surface area contributed by atoms with Gasteiger partial charge in [-0.15, -0.1) is 0 Å². The number of halogens is 3. The van der Waals surface area contributed by atoms with Crippen LogP contribution in [0.5, 0.6) is 0 Å². The summed E-state index contributed by atoms with van der Waals surface area (Å²) in [4.78, 5) is 7.01. The molecular formula is C6H6ClF2N3. The molecule has 1 heterocycles. The largest absolute Gasteiger partial charge is 0.372 e. The minimum atomic E-state index is -2.67. The fourth-order valence-electron chi connectivity index (χ4n) is 0.710. The summed E-state index contributed by atoms with van der Waals surface area (Å²) in [5.41, 5.74) is -0.448. The van der Waals surface area contributed by atoms with Gasteiger partial charge in [0.25, 0.3) is 6.43 Å². The molecule has 0 fully saturated rings. The molecule has 1 aromatic rings. The van der Waals surface area contributed by atoms with Crippen LogP contribution in [0.25, 0.3) is 0 Å². The van der Waals surface area contributed by atoms with Crippen LogP contribution in [0.3, 0.4) is 0 Å². The van der Waals surface area contributed by atoms with Gasteiger partial charge in [-0.3, -0.25) is 0 Å². The maximum Gasteiger partial charge on any atom is 0.282 e. The molecular weight excluding hydrogens is 188 g/mol. The first-order chi connectivity index (χ1) is 5.66. The Labute approximate surface area is 72.8 Å². The number of nitrogens with zero attached hydrogens (tertiary/aromatic N) is 2. The van der Waals surface area contributed by atoms with Crippen molar-refractivity contribution in [3.05, 3.63) is 17.0 Å². The van der Waals surface area contributed by atoms with Gasteiger partial charge in [0, 0.05) is 7.05 Å². The van der Waals surface area contributed by atoms with Gasteiger partial charge in [-0.2, -0.15) is 0 Å². The third kappa shape index (κ3) is 1.61. The highest BCUT2D eigenvalue weighted by Gasteiger charge is 2.16. The Bertz CT molecular complexity index is 279.